The van der Waals surface area contributed by atoms with Crippen LogP contribution in [-0.4, -0.2) is 6.04 Å². The zero-order chi connectivity index (χ0) is 33.1. The number of thioether (sulfide) groups is 1. The van der Waals surface area contributed by atoms with Crippen LogP contribution in [0.1, 0.15) is 99.2 Å². The Labute approximate surface area is 296 Å². The maximum absolute atomic E-state index is 4.08. The van der Waals surface area contributed by atoms with Gasteiger partial charge in [0.25, 0.3) is 0 Å². The summed E-state index contributed by atoms with van der Waals surface area (Å²) >= 11 is 1.96. The Morgan fingerprint density at radius 1 is 0.816 bits per heavy atom. The van der Waals surface area contributed by atoms with Crippen molar-refractivity contribution in [3.63, 3.8) is 0 Å². The first-order valence-electron chi connectivity index (χ1n) is 18.5. The number of fused-ring (bicyclic) bond motifs is 8. The van der Waals surface area contributed by atoms with Gasteiger partial charge >= 0.3 is 0 Å². The SMILES string of the molecule is CC1(C)C2=CC3C(CC2c2cccc(-c4ccc(C5NC6=C(C7CC=CC=C7S6)C(C6=CC=CCC6)N5)cc4)c21)c1ccccc1C3(C)C. The Morgan fingerprint density at radius 2 is 1.63 bits per heavy atom. The quantitative estimate of drug-likeness (QED) is 0.274. The molecule has 3 aromatic rings. The molecule has 0 saturated carbocycles. The molecule has 3 aromatic carbocycles. The van der Waals surface area contributed by atoms with Crippen LogP contribution in [0.2, 0.25) is 0 Å². The Balaban J connectivity index is 0.984. The summed E-state index contributed by atoms with van der Waals surface area (Å²) in [5.41, 5.74) is 15.1. The second-order valence-corrected chi connectivity index (χ2v) is 17.5. The first-order chi connectivity index (χ1) is 23.8. The molecular formula is C46H46N2S. The second-order valence-electron chi connectivity index (χ2n) is 16.4. The molecule has 10 rings (SSSR count). The van der Waals surface area contributed by atoms with Gasteiger partial charge in [-0.2, -0.15) is 0 Å². The minimum Gasteiger partial charge on any atom is -0.360 e. The summed E-state index contributed by atoms with van der Waals surface area (Å²) in [7, 11) is 0. The fraction of sp³-hybridized carbons (Fsp3) is 0.348. The molecule has 246 valence electrons. The second kappa shape index (κ2) is 10.9. The highest BCUT2D eigenvalue weighted by Gasteiger charge is 2.53. The average Bonchev–Trinajstić information content (AvgIpc) is 3.70. The summed E-state index contributed by atoms with van der Waals surface area (Å²) in [4.78, 5) is 1.49. The molecular weight excluding hydrogens is 613 g/mol. The van der Waals surface area contributed by atoms with Crippen LogP contribution in [0.4, 0.5) is 0 Å². The highest BCUT2D eigenvalue weighted by molar-refractivity contribution is 8.07. The monoisotopic (exact) mass is 658 g/mol. The molecule has 2 nitrogen and oxygen atoms in total. The lowest BCUT2D eigenvalue weighted by Gasteiger charge is -2.38. The summed E-state index contributed by atoms with van der Waals surface area (Å²) in [6.45, 7) is 9.93. The predicted octanol–water partition coefficient (Wildman–Crippen LogP) is 11.0. The summed E-state index contributed by atoms with van der Waals surface area (Å²) in [6.07, 6.45) is 21.2. The van der Waals surface area contributed by atoms with Crippen LogP contribution in [0.25, 0.3) is 11.1 Å². The van der Waals surface area contributed by atoms with E-state index < -0.39 is 0 Å². The number of hydrogen-bond acceptors (Lipinski definition) is 3. The maximum Gasteiger partial charge on any atom is 0.104 e. The third-order valence-corrected chi connectivity index (χ3v) is 14.4. The van der Waals surface area contributed by atoms with E-state index in [2.05, 4.69) is 148 Å². The van der Waals surface area contributed by atoms with Gasteiger partial charge in [-0.1, -0.05) is 154 Å². The molecule has 0 aromatic heterocycles. The minimum atomic E-state index is -0.00412. The molecule has 2 aliphatic heterocycles. The van der Waals surface area contributed by atoms with Crippen molar-refractivity contribution in [1.29, 1.82) is 0 Å². The van der Waals surface area contributed by atoms with Gasteiger partial charge in [-0.25, -0.2) is 0 Å². The van der Waals surface area contributed by atoms with Gasteiger partial charge in [0, 0.05) is 17.3 Å². The summed E-state index contributed by atoms with van der Waals surface area (Å²) in [5.74, 6) is 2.13. The van der Waals surface area contributed by atoms with Crippen LogP contribution in [0, 0.1) is 11.8 Å². The van der Waals surface area contributed by atoms with E-state index in [4.69, 9.17) is 0 Å². The molecule has 49 heavy (non-hydrogen) atoms. The van der Waals surface area contributed by atoms with Crippen LogP contribution < -0.4 is 10.6 Å². The summed E-state index contributed by atoms with van der Waals surface area (Å²) in [6, 6.07) is 26.2. The Kier molecular flexibility index (Phi) is 6.66. The topological polar surface area (TPSA) is 24.1 Å². The lowest BCUT2D eigenvalue weighted by atomic mass is 9.65. The molecule has 0 spiro atoms. The lowest BCUT2D eigenvalue weighted by Crippen LogP contribution is -2.47. The molecule has 0 bridgehead atoms. The number of rotatable bonds is 3. The predicted molar refractivity (Wildman–Crippen MR) is 205 cm³/mol. The molecule has 0 amide bonds. The van der Waals surface area contributed by atoms with Crippen molar-refractivity contribution in [3.8, 4) is 11.1 Å². The third-order valence-electron chi connectivity index (χ3n) is 13.2. The van der Waals surface area contributed by atoms with Gasteiger partial charge in [0.2, 0.25) is 0 Å². The molecule has 6 unspecified atom stereocenters. The normalized spacial score (nSPS) is 31.0. The zero-order valence-electron chi connectivity index (χ0n) is 29.1. The van der Waals surface area contributed by atoms with Crippen molar-refractivity contribution < 1.29 is 0 Å². The largest absolute Gasteiger partial charge is 0.360 e. The molecule has 7 aliphatic rings. The van der Waals surface area contributed by atoms with E-state index in [1.807, 2.05) is 11.8 Å². The fourth-order valence-corrected chi connectivity index (χ4v) is 12.2. The van der Waals surface area contributed by atoms with Crippen molar-refractivity contribution in [3.05, 3.63) is 164 Å². The molecule has 2 N–H and O–H groups in total. The fourth-order valence-electron chi connectivity index (χ4n) is 10.9. The minimum absolute atomic E-state index is 0.00412. The number of benzene rings is 3. The van der Waals surface area contributed by atoms with Crippen LogP contribution in [-0.2, 0) is 10.8 Å². The van der Waals surface area contributed by atoms with Crippen LogP contribution in [0.15, 0.2) is 136 Å². The van der Waals surface area contributed by atoms with Gasteiger partial charge in [-0.05, 0) is 97.9 Å². The maximum atomic E-state index is 4.08. The lowest BCUT2D eigenvalue weighted by molar-refractivity contribution is 0.326. The summed E-state index contributed by atoms with van der Waals surface area (Å²) in [5, 5.41) is 9.39. The molecule has 6 atom stereocenters. The van der Waals surface area contributed by atoms with E-state index in [9.17, 15) is 0 Å². The van der Waals surface area contributed by atoms with Crippen molar-refractivity contribution in [2.75, 3.05) is 0 Å². The van der Waals surface area contributed by atoms with E-state index >= 15 is 0 Å². The highest BCUT2D eigenvalue weighted by Crippen LogP contribution is 2.64. The molecule has 5 aliphatic carbocycles. The molecule has 0 saturated heterocycles. The van der Waals surface area contributed by atoms with E-state index in [0.29, 0.717) is 23.7 Å². The first-order valence-corrected chi connectivity index (χ1v) is 19.3. The van der Waals surface area contributed by atoms with Crippen LogP contribution in [0.5, 0.6) is 0 Å². The van der Waals surface area contributed by atoms with Crippen molar-refractivity contribution in [2.45, 2.75) is 88.3 Å². The highest BCUT2D eigenvalue weighted by atomic mass is 32.2. The molecule has 0 radical (unpaired) electrons. The third kappa shape index (κ3) is 4.37. The molecule has 0 fully saturated rings. The van der Waals surface area contributed by atoms with Crippen LogP contribution >= 0.6 is 11.8 Å². The smallest absolute Gasteiger partial charge is 0.104 e. The van der Waals surface area contributed by atoms with Gasteiger partial charge < -0.3 is 5.32 Å². The Morgan fingerprint density at radius 3 is 2.47 bits per heavy atom. The van der Waals surface area contributed by atoms with Gasteiger partial charge in [0.1, 0.15) is 6.17 Å². The van der Waals surface area contributed by atoms with E-state index in [1.165, 1.54) is 44.2 Å². The zero-order valence-corrected chi connectivity index (χ0v) is 29.9. The Bertz CT molecular complexity index is 2080. The van der Waals surface area contributed by atoms with Crippen molar-refractivity contribution >= 4 is 11.8 Å². The van der Waals surface area contributed by atoms with Gasteiger partial charge in [-0.3, -0.25) is 5.32 Å². The van der Waals surface area contributed by atoms with Gasteiger partial charge in [0.05, 0.1) is 11.1 Å². The molecule has 3 heteroatoms. The van der Waals surface area contributed by atoms with Crippen LogP contribution in [0.3, 0.4) is 0 Å². The van der Waals surface area contributed by atoms with Gasteiger partial charge in [0.15, 0.2) is 0 Å². The number of hydrogen-bond donors (Lipinski definition) is 2. The van der Waals surface area contributed by atoms with Crippen molar-refractivity contribution in [2.24, 2.45) is 11.8 Å². The van der Waals surface area contributed by atoms with Gasteiger partial charge in [-0.15, -0.1) is 0 Å². The van der Waals surface area contributed by atoms with Crippen molar-refractivity contribution in [1.82, 2.24) is 10.6 Å². The van der Waals surface area contributed by atoms with E-state index in [-0.39, 0.29) is 23.0 Å². The standard InChI is InChI=1S/C46H46N2S/c1-45(2)36-19-10-8-15-31(36)34-25-35-32-18-12-17-30(41(32)46(3,4)38(35)26-37(34)45)27-21-23-29(24-22-27)43-47-42(28-13-6-5-7-14-28)40-33-16-9-11-20-39(33)49-44(40)48-43/h5-6,8-13,15,17-24,26,33-35,37,42-43,47-48H,7,14,16,25H2,1-4H3. The number of nitrogens with one attached hydrogen (secondary N) is 2. The summed E-state index contributed by atoms with van der Waals surface area (Å²) < 4.78 is 0. The van der Waals surface area contributed by atoms with E-state index in [1.54, 1.807) is 27.8 Å². The first kappa shape index (κ1) is 30.1. The Hall–Kier alpha value is -3.79. The molecule has 2 heterocycles. The van der Waals surface area contributed by atoms with E-state index in [0.717, 1.165) is 19.3 Å². The number of allylic oxidation sites excluding steroid dienone is 9. The average molecular weight is 659 g/mol.